The highest BCUT2D eigenvalue weighted by atomic mass is 15.1. The molecule has 0 aliphatic carbocycles. The van der Waals surface area contributed by atoms with Gasteiger partial charge in [0.25, 0.3) is 0 Å². The second kappa shape index (κ2) is 10.7. The zero-order chi connectivity index (χ0) is 21.5. The first-order valence-corrected chi connectivity index (χ1v) is 11.8. The van der Waals surface area contributed by atoms with Crippen molar-refractivity contribution in [3.63, 3.8) is 0 Å². The summed E-state index contributed by atoms with van der Waals surface area (Å²) in [5, 5.41) is 2.65. The standard InChI is InChI=1S/C27H40N3/c1-6-7-8-9-10-11-12-13-18-30-26-20-24(28(2)3)16-14-22(26)19-23-15-17-25(29(4)5)21-27(23)30/h14-17,19-21H,6-13,18H2,1-5H3/q+1. The third-order valence-electron chi connectivity index (χ3n) is 6.19. The maximum absolute atomic E-state index is 2.56. The van der Waals surface area contributed by atoms with Gasteiger partial charge in [-0.1, -0.05) is 45.4 Å². The predicted octanol–water partition coefficient (Wildman–Crippen LogP) is 6.55. The maximum Gasteiger partial charge on any atom is 0.215 e. The van der Waals surface area contributed by atoms with Crippen molar-refractivity contribution >= 4 is 33.2 Å². The molecule has 0 saturated heterocycles. The summed E-state index contributed by atoms with van der Waals surface area (Å²) in [5.41, 5.74) is 5.20. The molecule has 3 rings (SSSR count). The molecule has 0 amide bonds. The van der Waals surface area contributed by atoms with E-state index in [0.717, 1.165) is 6.54 Å². The molecule has 0 spiro atoms. The lowest BCUT2D eigenvalue weighted by Gasteiger charge is -2.15. The van der Waals surface area contributed by atoms with Crippen molar-refractivity contribution in [2.24, 2.45) is 0 Å². The van der Waals surface area contributed by atoms with Gasteiger partial charge in [0.2, 0.25) is 11.0 Å². The minimum Gasteiger partial charge on any atom is -0.377 e. The number of hydrogen-bond acceptors (Lipinski definition) is 2. The topological polar surface area (TPSA) is 10.4 Å². The van der Waals surface area contributed by atoms with Crippen LogP contribution in [0.4, 0.5) is 11.4 Å². The average molecular weight is 407 g/mol. The Labute approximate surface area is 183 Å². The summed E-state index contributed by atoms with van der Waals surface area (Å²) in [6.07, 6.45) is 10.8. The van der Waals surface area contributed by atoms with Gasteiger partial charge >= 0.3 is 0 Å². The molecule has 0 fully saturated rings. The van der Waals surface area contributed by atoms with Gasteiger partial charge in [-0.15, -0.1) is 0 Å². The summed E-state index contributed by atoms with van der Waals surface area (Å²) in [4.78, 5) is 4.39. The SMILES string of the molecule is CCCCCCCCCC[n+]1c2cc(N(C)C)ccc2cc2ccc(N(C)C)cc21. The third-order valence-corrected chi connectivity index (χ3v) is 6.19. The van der Waals surface area contributed by atoms with E-state index < -0.39 is 0 Å². The van der Waals surface area contributed by atoms with Crippen LogP contribution in [0.25, 0.3) is 21.8 Å². The van der Waals surface area contributed by atoms with Gasteiger partial charge in [-0.2, -0.15) is 4.57 Å². The number of unbranched alkanes of at least 4 members (excludes halogenated alkanes) is 7. The van der Waals surface area contributed by atoms with E-state index >= 15 is 0 Å². The highest BCUT2D eigenvalue weighted by molar-refractivity contribution is 5.91. The minimum absolute atomic E-state index is 1.08. The number of aryl methyl sites for hydroxylation is 1. The molecular formula is C27H40N3+. The van der Waals surface area contributed by atoms with Gasteiger partial charge in [0, 0.05) is 68.9 Å². The fourth-order valence-electron chi connectivity index (χ4n) is 4.27. The average Bonchev–Trinajstić information content (AvgIpc) is 2.74. The Balaban J connectivity index is 1.88. The van der Waals surface area contributed by atoms with Gasteiger partial charge < -0.3 is 9.80 Å². The molecule has 0 bridgehead atoms. The Hall–Kier alpha value is -2.29. The summed E-state index contributed by atoms with van der Waals surface area (Å²) in [6, 6.07) is 16.0. The molecule has 1 heterocycles. The van der Waals surface area contributed by atoms with Crippen LogP contribution in [0, 0.1) is 0 Å². The predicted molar refractivity (Wildman–Crippen MR) is 133 cm³/mol. The van der Waals surface area contributed by atoms with Gasteiger partial charge in [-0.05, 0) is 36.8 Å². The number of pyridine rings is 1. The molecule has 3 aromatic rings. The molecule has 0 aliphatic heterocycles. The van der Waals surface area contributed by atoms with Crippen molar-refractivity contribution in [3.8, 4) is 0 Å². The zero-order valence-electron chi connectivity index (χ0n) is 19.7. The van der Waals surface area contributed by atoms with Crippen LogP contribution in [0.5, 0.6) is 0 Å². The van der Waals surface area contributed by atoms with Crippen LogP contribution >= 0.6 is 0 Å². The summed E-state index contributed by atoms with van der Waals surface area (Å²) in [7, 11) is 8.48. The fraction of sp³-hybridized carbons (Fsp3) is 0.519. The molecule has 0 saturated carbocycles. The number of hydrogen-bond donors (Lipinski definition) is 0. The second-order valence-corrected chi connectivity index (χ2v) is 9.05. The highest BCUT2D eigenvalue weighted by Crippen LogP contribution is 2.25. The van der Waals surface area contributed by atoms with E-state index in [2.05, 4.69) is 91.9 Å². The molecule has 0 N–H and O–H groups in total. The molecule has 0 aliphatic rings. The van der Waals surface area contributed by atoms with Crippen LogP contribution < -0.4 is 14.4 Å². The molecule has 0 atom stereocenters. The van der Waals surface area contributed by atoms with Crippen molar-refractivity contribution in [1.82, 2.24) is 0 Å². The van der Waals surface area contributed by atoms with Crippen LogP contribution in [-0.2, 0) is 6.54 Å². The monoisotopic (exact) mass is 406 g/mol. The third kappa shape index (κ3) is 5.44. The molecule has 0 unspecified atom stereocenters. The van der Waals surface area contributed by atoms with Crippen molar-refractivity contribution in [2.75, 3.05) is 38.0 Å². The quantitative estimate of drug-likeness (QED) is 0.203. The first-order valence-electron chi connectivity index (χ1n) is 11.8. The number of anilines is 2. The van der Waals surface area contributed by atoms with E-state index in [1.807, 2.05) is 0 Å². The number of aromatic nitrogens is 1. The molecule has 1 aromatic heterocycles. The van der Waals surface area contributed by atoms with Crippen LogP contribution in [0.1, 0.15) is 58.3 Å². The molecule has 0 radical (unpaired) electrons. The van der Waals surface area contributed by atoms with Crippen molar-refractivity contribution < 1.29 is 4.57 Å². The van der Waals surface area contributed by atoms with Crippen LogP contribution in [0.15, 0.2) is 42.5 Å². The smallest absolute Gasteiger partial charge is 0.215 e. The van der Waals surface area contributed by atoms with Gasteiger partial charge in [-0.3, -0.25) is 0 Å². The van der Waals surface area contributed by atoms with Crippen molar-refractivity contribution in [3.05, 3.63) is 42.5 Å². The molecule has 162 valence electrons. The fourth-order valence-corrected chi connectivity index (χ4v) is 4.27. The molecule has 3 heteroatoms. The number of benzene rings is 2. The van der Waals surface area contributed by atoms with E-state index in [4.69, 9.17) is 0 Å². The van der Waals surface area contributed by atoms with E-state index in [1.54, 1.807) is 0 Å². The first-order chi connectivity index (χ1) is 14.5. The highest BCUT2D eigenvalue weighted by Gasteiger charge is 2.17. The van der Waals surface area contributed by atoms with Gasteiger partial charge in [0.05, 0.1) is 0 Å². The van der Waals surface area contributed by atoms with Crippen LogP contribution in [0.2, 0.25) is 0 Å². The molecular weight excluding hydrogens is 366 g/mol. The van der Waals surface area contributed by atoms with E-state index in [9.17, 15) is 0 Å². The second-order valence-electron chi connectivity index (χ2n) is 9.05. The Morgan fingerprint density at radius 1 is 0.600 bits per heavy atom. The van der Waals surface area contributed by atoms with Gasteiger partial charge in [-0.25, -0.2) is 0 Å². The van der Waals surface area contributed by atoms with Gasteiger partial charge in [0.15, 0.2) is 0 Å². The van der Waals surface area contributed by atoms with Crippen molar-refractivity contribution in [1.29, 1.82) is 0 Å². The van der Waals surface area contributed by atoms with Crippen LogP contribution in [0.3, 0.4) is 0 Å². The Morgan fingerprint density at radius 2 is 1.07 bits per heavy atom. The minimum atomic E-state index is 1.08. The van der Waals surface area contributed by atoms with E-state index in [1.165, 1.54) is 84.5 Å². The lowest BCUT2D eigenvalue weighted by atomic mass is 10.1. The maximum atomic E-state index is 2.56. The van der Waals surface area contributed by atoms with Crippen LogP contribution in [-0.4, -0.2) is 28.2 Å². The van der Waals surface area contributed by atoms with Crippen molar-refractivity contribution in [2.45, 2.75) is 64.8 Å². The summed E-state index contributed by atoms with van der Waals surface area (Å²) >= 11 is 0. The lowest BCUT2D eigenvalue weighted by Crippen LogP contribution is -2.36. The Kier molecular flexibility index (Phi) is 7.95. The van der Waals surface area contributed by atoms with E-state index in [0.29, 0.717) is 0 Å². The molecule has 3 nitrogen and oxygen atoms in total. The summed E-state index contributed by atoms with van der Waals surface area (Å²) in [5.74, 6) is 0. The van der Waals surface area contributed by atoms with Gasteiger partial charge in [0.1, 0.15) is 6.54 Å². The first kappa shape index (κ1) is 22.4. The largest absolute Gasteiger partial charge is 0.377 e. The van der Waals surface area contributed by atoms with E-state index in [-0.39, 0.29) is 0 Å². The lowest BCUT2D eigenvalue weighted by molar-refractivity contribution is -0.645. The Morgan fingerprint density at radius 3 is 1.53 bits per heavy atom. The molecule has 2 aromatic carbocycles. The molecule has 30 heavy (non-hydrogen) atoms. The number of nitrogens with zero attached hydrogens (tertiary/aromatic N) is 3. The normalized spacial score (nSPS) is 11.4. The summed E-state index contributed by atoms with van der Waals surface area (Å²) in [6.45, 7) is 3.37. The zero-order valence-corrected chi connectivity index (χ0v) is 19.7. The number of fused-ring (bicyclic) bond motifs is 2. The number of rotatable bonds is 11. The Bertz CT molecular complexity index is 893. The summed E-state index contributed by atoms with van der Waals surface area (Å²) < 4.78 is 2.56.